The molecule has 1 atom stereocenters. The molecule has 0 saturated heterocycles. The fourth-order valence-electron chi connectivity index (χ4n) is 3.93. The molecule has 2 rings (SSSR count). The van der Waals surface area contributed by atoms with Crippen molar-refractivity contribution in [1.82, 2.24) is 16.0 Å². The molecule has 3 N–H and O–H groups in total. The molecular weight excluding hydrogens is 344 g/mol. The molecule has 0 aromatic heterocycles. The van der Waals surface area contributed by atoms with E-state index in [1.165, 1.54) is 25.7 Å². The number of ether oxygens (including phenoxy) is 2. The van der Waals surface area contributed by atoms with Gasteiger partial charge in [0, 0.05) is 33.4 Å². The summed E-state index contributed by atoms with van der Waals surface area (Å²) in [6, 6.07) is 0.0843. The second-order valence-corrected chi connectivity index (χ2v) is 7.77. The number of carbonyl (C=O) groups excluding carboxylic acids is 1. The van der Waals surface area contributed by atoms with Crippen molar-refractivity contribution in [3.63, 3.8) is 0 Å². The molecule has 0 radical (unpaired) electrons. The molecule has 156 valence electrons. The van der Waals surface area contributed by atoms with Gasteiger partial charge in [0.2, 0.25) is 0 Å². The van der Waals surface area contributed by atoms with Gasteiger partial charge in [-0.3, -0.25) is 4.99 Å². The minimum atomic E-state index is -0.333. The highest BCUT2D eigenvalue weighted by Gasteiger charge is 2.34. The van der Waals surface area contributed by atoms with E-state index in [2.05, 4.69) is 20.9 Å². The van der Waals surface area contributed by atoms with Crippen molar-refractivity contribution in [3.8, 4) is 0 Å². The van der Waals surface area contributed by atoms with Gasteiger partial charge >= 0.3 is 6.09 Å². The highest BCUT2D eigenvalue weighted by Crippen LogP contribution is 2.40. The van der Waals surface area contributed by atoms with Gasteiger partial charge in [0.25, 0.3) is 0 Å². The first kappa shape index (κ1) is 21.8. The third-order valence-corrected chi connectivity index (χ3v) is 5.76. The lowest BCUT2D eigenvalue weighted by Gasteiger charge is -2.30. The smallest absolute Gasteiger partial charge is 0.407 e. The number of alkyl carbamates (subject to hydrolysis) is 1. The number of nitrogens with zero attached hydrogens (tertiary/aromatic N) is 1. The predicted octanol–water partition coefficient (Wildman–Crippen LogP) is 2.66. The quantitative estimate of drug-likeness (QED) is 0.291. The Morgan fingerprint density at radius 3 is 2.52 bits per heavy atom. The molecule has 1 unspecified atom stereocenters. The van der Waals surface area contributed by atoms with Crippen molar-refractivity contribution in [2.24, 2.45) is 16.3 Å². The molecule has 0 aromatic rings. The summed E-state index contributed by atoms with van der Waals surface area (Å²) in [6.45, 7) is 7.45. The van der Waals surface area contributed by atoms with Crippen LogP contribution in [0.3, 0.4) is 0 Å². The van der Waals surface area contributed by atoms with Crippen molar-refractivity contribution in [2.45, 2.75) is 64.8 Å². The maximum atomic E-state index is 11.7. The summed E-state index contributed by atoms with van der Waals surface area (Å²) >= 11 is 0. The maximum absolute atomic E-state index is 11.7. The van der Waals surface area contributed by atoms with Gasteiger partial charge in [-0.15, -0.1) is 0 Å². The number of guanidine groups is 1. The van der Waals surface area contributed by atoms with E-state index in [0.29, 0.717) is 24.5 Å². The van der Waals surface area contributed by atoms with Gasteiger partial charge in [0.15, 0.2) is 5.96 Å². The fourth-order valence-corrected chi connectivity index (χ4v) is 3.93. The summed E-state index contributed by atoms with van der Waals surface area (Å²) < 4.78 is 10.6. The lowest BCUT2D eigenvalue weighted by atomic mass is 9.83. The van der Waals surface area contributed by atoms with E-state index in [1.807, 2.05) is 13.8 Å². The van der Waals surface area contributed by atoms with E-state index in [1.54, 1.807) is 7.05 Å². The first-order chi connectivity index (χ1) is 13.1. The van der Waals surface area contributed by atoms with Gasteiger partial charge < -0.3 is 25.4 Å². The average molecular weight is 383 g/mol. The molecular formula is C20H38N4O3. The van der Waals surface area contributed by atoms with E-state index < -0.39 is 0 Å². The van der Waals surface area contributed by atoms with Gasteiger partial charge in [-0.05, 0) is 57.3 Å². The highest BCUT2D eigenvalue weighted by atomic mass is 16.5. The van der Waals surface area contributed by atoms with Crippen LogP contribution in [0.15, 0.2) is 4.99 Å². The lowest BCUT2D eigenvalue weighted by Crippen LogP contribution is -2.49. The van der Waals surface area contributed by atoms with Gasteiger partial charge in [0.05, 0.1) is 12.6 Å². The number of amides is 1. The lowest BCUT2D eigenvalue weighted by molar-refractivity contribution is 0.105. The maximum Gasteiger partial charge on any atom is 0.407 e. The Morgan fingerprint density at radius 1 is 1.19 bits per heavy atom. The van der Waals surface area contributed by atoms with E-state index >= 15 is 0 Å². The van der Waals surface area contributed by atoms with Gasteiger partial charge in [-0.1, -0.05) is 12.8 Å². The summed E-state index contributed by atoms with van der Waals surface area (Å²) in [5.41, 5.74) is 0.311. The van der Waals surface area contributed by atoms with E-state index in [0.717, 1.165) is 45.0 Å². The highest BCUT2D eigenvalue weighted by molar-refractivity contribution is 5.79. The van der Waals surface area contributed by atoms with Crippen LogP contribution < -0.4 is 16.0 Å². The number of aliphatic imine (C=N–C) groups is 1. The van der Waals surface area contributed by atoms with Crippen molar-refractivity contribution >= 4 is 12.1 Å². The molecule has 0 spiro atoms. The zero-order valence-electron chi connectivity index (χ0n) is 17.3. The van der Waals surface area contributed by atoms with Crippen LogP contribution in [0.2, 0.25) is 0 Å². The standard InChI is InChI=1S/C20H38N4O3/c1-4-26-13-12-20(10-6-7-11-20)15-23-18(21-3)22-14-17(16-8-9-16)24-19(25)27-5-2/h16-17H,4-15H2,1-3H3,(H,24,25)(H2,21,22,23). The molecule has 0 heterocycles. The Kier molecular flexibility index (Phi) is 9.18. The molecule has 2 aliphatic carbocycles. The van der Waals surface area contributed by atoms with Gasteiger partial charge in [-0.25, -0.2) is 4.79 Å². The first-order valence-electron chi connectivity index (χ1n) is 10.6. The van der Waals surface area contributed by atoms with Crippen LogP contribution in [0.1, 0.15) is 58.8 Å². The molecule has 1 amide bonds. The summed E-state index contributed by atoms with van der Waals surface area (Å²) in [6.07, 6.45) is 8.18. The molecule has 2 fully saturated rings. The summed E-state index contributed by atoms with van der Waals surface area (Å²) in [5, 5.41) is 9.87. The monoisotopic (exact) mass is 382 g/mol. The number of hydrogen-bond donors (Lipinski definition) is 3. The molecule has 0 aliphatic heterocycles. The van der Waals surface area contributed by atoms with Crippen LogP contribution in [0, 0.1) is 11.3 Å². The van der Waals surface area contributed by atoms with Crippen LogP contribution in [-0.4, -0.2) is 58.1 Å². The van der Waals surface area contributed by atoms with E-state index in [9.17, 15) is 4.79 Å². The van der Waals surface area contributed by atoms with Crippen molar-refractivity contribution in [2.75, 3.05) is 40.0 Å². The van der Waals surface area contributed by atoms with Crippen molar-refractivity contribution in [3.05, 3.63) is 0 Å². The fraction of sp³-hybridized carbons (Fsp3) is 0.900. The number of carbonyl (C=O) groups is 1. The van der Waals surface area contributed by atoms with Gasteiger partial charge in [-0.2, -0.15) is 0 Å². The minimum Gasteiger partial charge on any atom is -0.450 e. The molecule has 2 aliphatic rings. The topological polar surface area (TPSA) is 84.0 Å². The van der Waals surface area contributed by atoms with Crippen molar-refractivity contribution < 1.29 is 14.3 Å². The Labute approximate surface area is 164 Å². The molecule has 2 saturated carbocycles. The first-order valence-corrected chi connectivity index (χ1v) is 10.6. The SMILES string of the molecule is CCOCCC1(CNC(=NC)NCC(NC(=O)OCC)C2CC2)CCCC1. The Bertz CT molecular complexity index is 474. The second kappa shape index (κ2) is 11.4. The Hall–Kier alpha value is -1.50. The molecule has 0 aromatic carbocycles. The number of hydrogen-bond acceptors (Lipinski definition) is 4. The van der Waals surface area contributed by atoms with Crippen molar-refractivity contribution in [1.29, 1.82) is 0 Å². The van der Waals surface area contributed by atoms with Crippen LogP contribution >= 0.6 is 0 Å². The van der Waals surface area contributed by atoms with E-state index in [-0.39, 0.29) is 12.1 Å². The Balaban J connectivity index is 1.79. The Morgan fingerprint density at radius 2 is 1.93 bits per heavy atom. The summed E-state index contributed by atoms with van der Waals surface area (Å²) in [5.74, 6) is 1.33. The molecule has 27 heavy (non-hydrogen) atoms. The molecule has 7 heteroatoms. The second-order valence-electron chi connectivity index (χ2n) is 7.77. The molecule has 0 bridgehead atoms. The number of rotatable bonds is 11. The third-order valence-electron chi connectivity index (χ3n) is 5.76. The minimum absolute atomic E-state index is 0.0843. The van der Waals surface area contributed by atoms with Gasteiger partial charge in [0.1, 0.15) is 0 Å². The van der Waals surface area contributed by atoms with E-state index in [4.69, 9.17) is 9.47 Å². The number of nitrogens with one attached hydrogen (secondary N) is 3. The average Bonchev–Trinajstić information content (AvgIpc) is 3.41. The van der Waals surface area contributed by atoms with Crippen LogP contribution in [0.4, 0.5) is 4.79 Å². The van der Waals surface area contributed by atoms with Crippen LogP contribution in [-0.2, 0) is 9.47 Å². The normalized spacial score (nSPS) is 20.2. The molecule has 7 nitrogen and oxygen atoms in total. The summed E-state index contributed by atoms with van der Waals surface area (Å²) in [4.78, 5) is 16.1. The zero-order valence-corrected chi connectivity index (χ0v) is 17.3. The zero-order chi connectivity index (χ0) is 19.5. The predicted molar refractivity (Wildman–Crippen MR) is 108 cm³/mol. The third kappa shape index (κ3) is 7.56. The summed E-state index contributed by atoms with van der Waals surface area (Å²) in [7, 11) is 1.79. The largest absolute Gasteiger partial charge is 0.450 e. The van der Waals surface area contributed by atoms with Crippen LogP contribution in [0.25, 0.3) is 0 Å². The van der Waals surface area contributed by atoms with Crippen LogP contribution in [0.5, 0.6) is 0 Å².